The summed E-state index contributed by atoms with van der Waals surface area (Å²) in [5, 5.41) is 13.3. The molecule has 0 bridgehead atoms. The summed E-state index contributed by atoms with van der Waals surface area (Å²) in [6.07, 6.45) is 0. The molecular formula is C18H18N2O4. The number of nitrogens with zero attached hydrogens (tertiary/aromatic N) is 1. The van der Waals surface area contributed by atoms with Crippen molar-refractivity contribution in [1.29, 1.82) is 0 Å². The summed E-state index contributed by atoms with van der Waals surface area (Å²) in [7, 11) is 0. The second kappa shape index (κ2) is 6.62. The number of carbonyl (C=O) groups excluding carboxylic acids is 2. The monoisotopic (exact) mass is 326 g/mol. The predicted molar refractivity (Wildman–Crippen MR) is 91.3 cm³/mol. The lowest BCUT2D eigenvalue weighted by Gasteiger charge is -2.16. The van der Waals surface area contributed by atoms with E-state index in [9.17, 15) is 19.7 Å². The van der Waals surface area contributed by atoms with Crippen molar-refractivity contribution < 1.29 is 14.5 Å². The highest BCUT2D eigenvalue weighted by Gasteiger charge is 2.22. The highest BCUT2D eigenvalue weighted by atomic mass is 16.6. The van der Waals surface area contributed by atoms with Gasteiger partial charge in [0, 0.05) is 34.4 Å². The molecular weight excluding hydrogens is 308 g/mol. The van der Waals surface area contributed by atoms with Crippen molar-refractivity contribution >= 4 is 23.1 Å². The molecule has 0 aliphatic carbocycles. The molecule has 24 heavy (non-hydrogen) atoms. The molecule has 2 rings (SSSR count). The maximum Gasteiger partial charge on any atom is 0.269 e. The molecule has 6 nitrogen and oxygen atoms in total. The number of nitro benzene ring substituents is 1. The SMILES string of the molecule is CC(C)(C)C(=O)c1ccc(NC(=O)c2ccc([N+](=O)[O-])cc2)cc1. The van der Waals surface area contributed by atoms with Crippen LogP contribution in [0.15, 0.2) is 48.5 Å². The third-order valence-electron chi connectivity index (χ3n) is 3.43. The lowest BCUT2D eigenvalue weighted by molar-refractivity contribution is -0.384. The standard InChI is InChI=1S/C18H18N2O4/c1-18(2,3)16(21)12-4-8-14(9-5-12)19-17(22)13-6-10-15(11-7-13)20(23)24/h4-11H,1-3H3,(H,19,22). The van der Waals surface area contributed by atoms with Crippen LogP contribution in [-0.4, -0.2) is 16.6 Å². The average molecular weight is 326 g/mol. The minimum atomic E-state index is -0.521. The molecule has 0 aliphatic rings. The Morgan fingerprint density at radius 2 is 1.42 bits per heavy atom. The molecule has 0 aliphatic heterocycles. The first-order valence-corrected chi connectivity index (χ1v) is 7.39. The molecule has 0 spiro atoms. The summed E-state index contributed by atoms with van der Waals surface area (Å²) in [5.41, 5.74) is 0.899. The predicted octanol–water partition coefficient (Wildman–Crippen LogP) is 4.08. The molecule has 0 heterocycles. The van der Waals surface area contributed by atoms with Crippen molar-refractivity contribution in [2.45, 2.75) is 20.8 Å². The van der Waals surface area contributed by atoms with Crippen LogP contribution in [0.5, 0.6) is 0 Å². The summed E-state index contributed by atoms with van der Waals surface area (Å²) in [6.45, 7) is 5.54. The van der Waals surface area contributed by atoms with E-state index < -0.39 is 10.3 Å². The zero-order valence-electron chi connectivity index (χ0n) is 13.7. The van der Waals surface area contributed by atoms with Gasteiger partial charge in [-0.25, -0.2) is 0 Å². The third kappa shape index (κ3) is 4.04. The Balaban J connectivity index is 2.09. The van der Waals surface area contributed by atoms with Crippen molar-refractivity contribution in [2.75, 3.05) is 5.32 Å². The average Bonchev–Trinajstić information content (AvgIpc) is 2.54. The van der Waals surface area contributed by atoms with Crippen LogP contribution in [0.3, 0.4) is 0 Å². The summed E-state index contributed by atoms with van der Waals surface area (Å²) >= 11 is 0. The molecule has 2 aromatic rings. The number of nitrogens with one attached hydrogen (secondary N) is 1. The van der Waals surface area contributed by atoms with Gasteiger partial charge in [0.15, 0.2) is 5.78 Å². The molecule has 1 N–H and O–H groups in total. The Labute approximate surface area is 139 Å². The zero-order chi connectivity index (χ0) is 17.9. The van der Waals surface area contributed by atoms with Crippen LogP contribution >= 0.6 is 0 Å². The quantitative estimate of drug-likeness (QED) is 0.521. The molecule has 0 unspecified atom stereocenters. The van der Waals surface area contributed by atoms with Crippen LogP contribution < -0.4 is 5.32 Å². The summed E-state index contributed by atoms with van der Waals surface area (Å²) in [4.78, 5) is 34.4. The van der Waals surface area contributed by atoms with E-state index in [0.717, 1.165) is 0 Å². The van der Waals surface area contributed by atoms with Crippen LogP contribution in [0.1, 0.15) is 41.5 Å². The number of anilines is 1. The van der Waals surface area contributed by atoms with E-state index in [4.69, 9.17) is 0 Å². The minimum absolute atomic E-state index is 0.0238. The van der Waals surface area contributed by atoms with E-state index in [1.807, 2.05) is 20.8 Å². The number of nitro groups is 1. The Morgan fingerprint density at radius 1 is 0.917 bits per heavy atom. The molecule has 1 amide bonds. The Hall–Kier alpha value is -3.02. The van der Waals surface area contributed by atoms with Gasteiger partial charge in [0.25, 0.3) is 11.6 Å². The Morgan fingerprint density at radius 3 is 1.88 bits per heavy atom. The van der Waals surface area contributed by atoms with Gasteiger partial charge in [0.2, 0.25) is 0 Å². The zero-order valence-corrected chi connectivity index (χ0v) is 13.7. The summed E-state index contributed by atoms with van der Waals surface area (Å²) in [6, 6.07) is 12.0. The van der Waals surface area contributed by atoms with Gasteiger partial charge < -0.3 is 5.32 Å². The normalized spacial score (nSPS) is 11.0. The van der Waals surface area contributed by atoms with Gasteiger partial charge in [0.1, 0.15) is 0 Å². The molecule has 0 aromatic heterocycles. The fourth-order valence-corrected chi connectivity index (χ4v) is 2.08. The van der Waals surface area contributed by atoms with Gasteiger partial charge in [-0.2, -0.15) is 0 Å². The first-order valence-electron chi connectivity index (χ1n) is 7.39. The number of amides is 1. The second-order valence-electron chi connectivity index (χ2n) is 6.41. The van der Waals surface area contributed by atoms with Crippen LogP contribution in [-0.2, 0) is 0 Å². The van der Waals surface area contributed by atoms with Gasteiger partial charge in [-0.05, 0) is 36.4 Å². The Bertz CT molecular complexity index is 772. The molecule has 2 aromatic carbocycles. The largest absolute Gasteiger partial charge is 0.322 e. The molecule has 0 atom stereocenters. The highest BCUT2D eigenvalue weighted by molar-refractivity contribution is 6.05. The van der Waals surface area contributed by atoms with Gasteiger partial charge in [0.05, 0.1) is 4.92 Å². The van der Waals surface area contributed by atoms with Crippen molar-refractivity contribution in [3.63, 3.8) is 0 Å². The maximum atomic E-state index is 12.2. The first-order chi connectivity index (χ1) is 11.2. The van der Waals surface area contributed by atoms with E-state index >= 15 is 0 Å². The molecule has 0 saturated heterocycles. The van der Waals surface area contributed by atoms with E-state index in [2.05, 4.69) is 5.32 Å². The third-order valence-corrected chi connectivity index (χ3v) is 3.43. The number of hydrogen-bond acceptors (Lipinski definition) is 4. The van der Waals surface area contributed by atoms with Crippen LogP contribution in [0.25, 0.3) is 0 Å². The van der Waals surface area contributed by atoms with Crippen molar-refractivity contribution in [2.24, 2.45) is 5.41 Å². The molecule has 0 fully saturated rings. The minimum Gasteiger partial charge on any atom is -0.322 e. The Kier molecular flexibility index (Phi) is 4.78. The van der Waals surface area contributed by atoms with E-state index in [1.54, 1.807) is 24.3 Å². The van der Waals surface area contributed by atoms with Crippen molar-refractivity contribution in [1.82, 2.24) is 0 Å². The number of ketones is 1. The van der Waals surface area contributed by atoms with Gasteiger partial charge in [-0.1, -0.05) is 20.8 Å². The van der Waals surface area contributed by atoms with Crippen LogP contribution in [0.4, 0.5) is 11.4 Å². The van der Waals surface area contributed by atoms with Crippen LogP contribution in [0, 0.1) is 15.5 Å². The topological polar surface area (TPSA) is 89.3 Å². The number of non-ortho nitro benzene ring substituents is 1. The molecule has 0 radical (unpaired) electrons. The maximum absolute atomic E-state index is 12.2. The lowest BCUT2D eigenvalue weighted by atomic mass is 9.86. The van der Waals surface area contributed by atoms with Crippen molar-refractivity contribution in [3.8, 4) is 0 Å². The first kappa shape index (κ1) is 17.3. The smallest absolute Gasteiger partial charge is 0.269 e. The van der Waals surface area contributed by atoms with Gasteiger partial charge >= 0.3 is 0 Å². The number of hydrogen-bond donors (Lipinski definition) is 1. The number of Topliss-reactive ketones (excluding diaryl/α,β-unsaturated/α-hetero) is 1. The van der Waals surface area contributed by atoms with E-state index in [1.165, 1.54) is 24.3 Å². The molecule has 0 saturated carbocycles. The highest BCUT2D eigenvalue weighted by Crippen LogP contribution is 2.22. The molecule has 124 valence electrons. The summed E-state index contributed by atoms with van der Waals surface area (Å²) < 4.78 is 0. The molecule has 6 heteroatoms. The second-order valence-corrected chi connectivity index (χ2v) is 6.41. The fourth-order valence-electron chi connectivity index (χ4n) is 2.08. The fraction of sp³-hybridized carbons (Fsp3) is 0.222. The van der Waals surface area contributed by atoms with Crippen LogP contribution in [0.2, 0.25) is 0 Å². The number of benzene rings is 2. The summed E-state index contributed by atoms with van der Waals surface area (Å²) in [5.74, 6) is -0.351. The van der Waals surface area contributed by atoms with E-state index in [-0.39, 0.29) is 17.4 Å². The van der Waals surface area contributed by atoms with Crippen molar-refractivity contribution in [3.05, 3.63) is 69.8 Å². The van der Waals surface area contributed by atoms with Gasteiger partial charge in [-0.15, -0.1) is 0 Å². The number of rotatable bonds is 4. The van der Waals surface area contributed by atoms with Gasteiger partial charge in [-0.3, -0.25) is 19.7 Å². The van der Waals surface area contributed by atoms with E-state index in [0.29, 0.717) is 16.8 Å². The lowest BCUT2D eigenvalue weighted by Crippen LogP contribution is -2.20. The number of carbonyl (C=O) groups is 2.